The molecule has 1 aromatic heterocycles. The number of hydrogen-bond acceptors (Lipinski definition) is 4. The van der Waals surface area contributed by atoms with Crippen molar-refractivity contribution in [2.75, 3.05) is 11.9 Å². The van der Waals surface area contributed by atoms with Crippen molar-refractivity contribution in [1.82, 2.24) is 10.3 Å². The third kappa shape index (κ3) is 6.45. The largest absolute Gasteiger partial charge is 0.491 e. The summed E-state index contributed by atoms with van der Waals surface area (Å²) < 4.78 is 5.63. The van der Waals surface area contributed by atoms with Gasteiger partial charge in [-0.15, -0.1) is 0 Å². The first-order valence-electron chi connectivity index (χ1n) is 8.86. The lowest BCUT2D eigenvalue weighted by atomic mass is 10.2. The molecule has 1 aromatic carbocycles. The second-order valence-corrected chi connectivity index (χ2v) is 6.21. The van der Waals surface area contributed by atoms with Gasteiger partial charge in [-0.25, -0.2) is 0 Å². The highest BCUT2D eigenvalue weighted by atomic mass is 16.5. The number of unbranched alkanes of at least 4 members (excludes halogenated alkanes) is 2. The van der Waals surface area contributed by atoms with E-state index in [4.69, 9.17) is 4.74 Å². The van der Waals surface area contributed by atoms with Crippen LogP contribution in [-0.4, -0.2) is 23.5 Å². The molecule has 0 saturated heterocycles. The van der Waals surface area contributed by atoms with Crippen molar-refractivity contribution in [3.05, 3.63) is 48.3 Å². The minimum absolute atomic E-state index is 0.138. The van der Waals surface area contributed by atoms with Gasteiger partial charge >= 0.3 is 0 Å². The van der Waals surface area contributed by atoms with Crippen LogP contribution in [0.1, 0.15) is 50.5 Å². The van der Waals surface area contributed by atoms with Gasteiger partial charge in [0.1, 0.15) is 11.4 Å². The van der Waals surface area contributed by atoms with Crippen molar-refractivity contribution in [3.63, 3.8) is 0 Å². The van der Waals surface area contributed by atoms with Gasteiger partial charge in [0, 0.05) is 24.1 Å². The van der Waals surface area contributed by atoms with E-state index in [1.165, 1.54) is 0 Å². The van der Waals surface area contributed by atoms with Gasteiger partial charge < -0.3 is 15.4 Å². The number of carbonyl (C=O) groups excluding carboxylic acids is 1. The Balaban J connectivity index is 1.95. The normalized spacial score (nSPS) is 10.6. The summed E-state index contributed by atoms with van der Waals surface area (Å²) >= 11 is 0. The zero-order valence-electron chi connectivity index (χ0n) is 15.2. The second-order valence-electron chi connectivity index (χ2n) is 6.21. The lowest BCUT2D eigenvalue weighted by Crippen LogP contribution is -2.25. The Morgan fingerprint density at radius 2 is 1.88 bits per heavy atom. The molecule has 5 heteroatoms. The average molecular weight is 341 g/mol. The molecule has 0 saturated carbocycles. The summed E-state index contributed by atoms with van der Waals surface area (Å²) in [6.45, 7) is 6.82. The van der Waals surface area contributed by atoms with E-state index in [2.05, 4.69) is 22.5 Å². The van der Waals surface area contributed by atoms with Crippen LogP contribution in [0.4, 0.5) is 11.4 Å². The summed E-state index contributed by atoms with van der Waals surface area (Å²) in [5.41, 5.74) is 2.17. The molecule has 0 aliphatic heterocycles. The van der Waals surface area contributed by atoms with E-state index in [0.29, 0.717) is 12.2 Å². The Hall–Kier alpha value is -2.56. The quantitative estimate of drug-likeness (QED) is 0.658. The Morgan fingerprint density at radius 3 is 2.56 bits per heavy atom. The summed E-state index contributed by atoms with van der Waals surface area (Å²) in [4.78, 5) is 16.3. The van der Waals surface area contributed by atoms with Crippen LogP contribution in [0.25, 0.3) is 0 Å². The maximum absolute atomic E-state index is 12.1. The van der Waals surface area contributed by atoms with Gasteiger partial charge in [0.25, 0.3) is 5.91 Å². The van der Waals surface area contributed by atoms with Crippen LogP contribution in [0.15, 0.2) is 42.6 Å². The van der Waals surface area contributed by atoms with E-state index >= 15 is 0 Å². The number of amides is 1. The summed E-state index contributed by atoms with van der Waals surface area (Å²) in [7, 11) is 0. The molecule has 0 atom stereocenters. The van der Waals surface area contributed by atoms with Gasteiger partial charge in [-0.05, 0) is 56.7 Å². The van der Waals surface area contributed by atoms with E-state index in [-0.39, 0.29) is 12.0 Å². The van der Waals surface area contributed by atoms with Crippen LogP contribution in [0, 0.1) is 0 Å². The van der Waals surface area contributed by atoms with E-state index in [9.17, 15) is 4.79 Å². The van der Waals surface area contributed by atoms with Gasteiger partial charge in [0.15, 0.2) is 0 Å². The third-order valence-corrected chi connectivity index (χ3v) is 3.57. The fourth-order valence-electron chi connectivity index (χ4n) is 2.36. The van der Waals surface area contributed by atoms with E-state index < -0.39 is 0 Å². The minimum atomic E-state index is -0.138. The Labute approximate surface area is 149 Å². The predicted molar refractivity (Wildman–Crippen MR) is 102 cm³/mol. The molecular formula is C20H27N3O2. The summed E-state index contributed by atoms with van der Waals surface area (Å²) in [5.74, 6) is 0.697. The number of rotatable bonds is 9. The van der Waals surface area contributed by atoms with Gasteiger partial charge in [-0.1, -0.05) is 19.8 Å². The number of nitrogens with one attached hydrogen (secondary N) is 2. The molecule has 0 aliphatic carbocycles. The van der Waals surface area contributed by atoms with Gasteiger partial charge in [0.2, 0.25) is 0 Å². The molecular weight excluding hydrogens is 314 g/mol. The number of pyridine rings is 1. The fraction of sp³-hybridized carbons (Fsp3) is 0.400. The summed E-state index contributed by atoms with van der Waals surface area (Å²) in [6.07, 6.45) is 5.03. The maximum atomic E-state index is 12.1. The number of anilines is 2. The van der Waals surface area contributed by atoms with Crippen LogP contribution < -0.4 is 15.4 Å². The molecule has 2 rings (SSSR count). The van der Waals surface area contributed by atoms with Crippen molar-refractivity contribution < 1.29 is 9.53 Å². The molecule has 5 nitrogen and oxygen atoms in total. The molecule has 0 aliphatic rings. The first kappa shape index (κ1) is 18.8. The monoisotopic (exact) mass is 341 g/mol. The zero-order valence-corrected chi connectivity index (χ0v) is 15.2. The highest BCUT2D eigenvalue weighted by Gasteiger charge is 2.07. The molecule has 134 valence electrons. The Morgan fingerprint density at radius 1 is 1.12 bits per heavy atom. The lowest BCUT2D eigenvalue weighted by Gasteiger charge is -2.11. The average Bonchev–Trinajstić information content (AvgIpc) is 2.60. The van der Waals surface area contributed by atoms with Crippen molar-refractivity contribution >= 4 is 17.3 Å². The molecule has 2 aromatic rings. The number of ether oxygens (including phenoxy) is 1. The van der Waals surface area contributed by atoms with Crippen molar-refractivity contribution in [3.8, 4) is 5.75 Å². The first-order valence-corrected chi connectivity index (χ1v) is 8.86. The predicted octanol–water partition coefficient (Wildman–Crippen LogP) is 4.53. The molecule has 0 bridgehead atoms. The molecule has 0 fully saturated rings. The third-order valence-electron chi connectivity index (χ3n) is 3.57. The smallest absolute Gasteiger partial charge is 0.269 e. The number of carbonyl (C=O) groups is 1. The summed E-state index contributed by atoms with van der Waals surface area (Å²) in [5, 5.41) is 6.19. The molecule has 0 spiro atoms. The molecule has 2 N–H and O–H groups in total. The van der Waals surface area contributed by atoms with Crippen LogP contribution in [-0.2, 0) is 0 Å². The first-order chi connectivity index (χ1) is 12.1. The summed E-state index contributed by atoms with van der Waals surface area (Å²) in [6, 6.07) is 11.3. The standard InChI is InChI=1S/C20H27N3O2/c1-4-5-6-12-22-20(24)19-14-17(11-13-21-19)23-16-7-9-18(10-8-16)25-15(2)3/h7-11,13-15H,4-6,12H2,1-3H3,(H,21,23)(H,22,24). The number of benzene rings is 1. The number of nitrogens with zero attached hydrogens (tertiary/aromatic N) is 1. The molecule has 0 radical (unpaired) electrons. The van der Waals surface area contributed by atoms with Crippen LogP contribution in [0.3, 0.4) is 0 Å². The van der Waals surface area contributed by atoms with Crippen LogP contribution in [0.5, 0.6) is 5.75 Å². The van der Waals surface area contributed by atoms with Crippen LogP contribution in [0.2, 0.25) is 0 Å². The molecule has 25 heavy (non-hydrogen) atoms. The lowest BCUT2D eigenvalue weighted by molar-refractivity contribution is 0.0948. The zero-order chi connectivity index (χ0) is 18.1. The maximum Gasteiger partial charge on any atom is 0.269 e. The number of hydrogen-bond donors (Lipinski definition) is 2. The van der Waals surface area contributed by atoms with Crippen molar-refractivity contribution in [1.29, 1.82) is 0 Å². The van der Waals surface area contributed by atoms with Gasteiger partial charge in [0.05, 0.1) is 6.10 Å². The molecule has 1 heterocycles. The van der Waals surface area contributed by atoms with E-state index in [1.807, 2.05) is 44.2 Å². The van der Waals surface area contributed by atoms with Crippen molar-refractivity contribution in [2.24, 2.45) is 0 Å². The highest BCUT2D eigenvalue weighted by Crippen LogP contribution is 2.21. The minimum Gasteiger partial charge on any atom is -0.491 e. The van der Waals surface area contributed by atoms with Crippen molar-refractivity contribution in [2.45, 2.75) is 46.1 Å². The van der Waals surface area contributed by atoms with E-state index in [0.717, 1.165) is 36.4 Å². The van der Waals surface area contributed by atoms with E-state index in [1.54, 1.807) is 12.3 Å². The van der Waals surface area contributed by atoms with Crippen LogP contribution >= 0.6 is 0 Å². The van der Waals surface area contributed by atoms with Gasteiger partial charge in [-0.3, -0.25) is 9.78 Å². The van der Waals surface area contributed by atoms with Gasteiger partial charge in [-0.2, -0.15) is 0 Å². The fourth-order valence-corrected chi connectivity index (χ4v) is 2.36. The Kier molecular flexibility index (Phi) is 7.26. The topological polar surface area (TPSA) is 63.2 Å². The number of aromatic nitrogens is 1. The highest BCUT2D eigenvalue weighted by molar-refractivity contribution is 5.93. The Bertz CT molecular complexity index is 669. The SMILES string of the molecule is CCCCCNC(=O)c1cc(Nc2ccc(OC(C)C)cc2)ccn1. The second kappa shape index (κ2) is 9.67. The molecule has 1 amide bonds. The molecule has 0 unspecified atom stereocenters.